The third-order valence-electron chi connectivity index (χ3n) is 6.87. The van der Waals surface area contributed by atoms with Gasteiger partial charge in [0.05, 0.1) is 29.2 Å². The average Bonchev–Trinajstić information content (AvgIpc) is 3.26. The highest BCUT2D eigenvalue weighted by Crippen LogP contribution is 2.44. The van der Waals surface area contributed by atoms with Crippen molar-refractivity contribution in [2.24, 2.45) is 5.92 Å². The van der Waals surface area contributed by atoms with E-state index < -0.39 is 5.41 Å². The van der Waals surface area contributed by atoms with E-state index in [1.54, 1.807) is 7.11 Å². The zero-order chi connectivity index (χ0) is 20.9. The van der Waals surface area contributed by atoms with Crippen molar-refractivity contribution < 1.29 is 9.53 Å². The number of anilines is 1. The summed E-state index contributed by atoms with van der Waals surface area (Å²) in [6, 6.07) is 12.1. The van der Waals surface area contributed by atoms with Gasteiger partial charge in [0.1, 0.15) is 11.6 Å². The number of benzene rings is 2. The van der Waals surface area contributed by atoms with E-state index in [1.165, 1.54) is 32.1 Å². The predicted octanol–water partition coefficient (Wildman–Crippen LogP) is 5.44. The lowest BCUT2D eigenvalue weighted by atomic mass is 9.86. The normalized spacial score (nSPS) is 18.8. The number of fused-ring (bicyclic) bond motifs is 2. The Hall–Kier alpha value is -2.82. The number of aromatic nitrogens is 2. The lowest BCUT2D eigenvalue weighted by molar-refractivity contribution is -0.122. The molecule has 2 aromatic carbocycles. The Balaban J connectivity index is 1.53. The van der Waals surface area contributed by atoms with Crippen LogP contribution in [0, 0.1) is 5.92 Å². The summed E-state index contributed by atoms with van der Waals surface area (Å²) in [6.45, 7) is 4.92. The fourth-order valence-electron chi connectivity index (χ4n) is 5.03. The molecular formula is C25H29N3O2. The minimum atomic E-state index is -0.510. The first-order valence-corrected chi connectivity index (χ1v) is 11.0. The topological polar surface area (TPSA) is 58.2 Å². The second-order valence-corrected chi connectivity index (χ2v) is 9.25. The van der Waals surface area contributed by atoms with Crippen LogP contribution < -0.4 is 9.64 Å². The Morgan fingerprint density at radius 3 is 2.57 bits per heavy atom. The molecule has 2 heterocycles. The maximum absolute atomic E-state index is 13.3. The van der Waals surface area contributed by atoms with E-state index in [1.807, 2.05) is 43.0 Å². The summed E-state index contributed by atoms with van der Waals surface area (Å²) in [5.41, 5.74) is 4.51. The average molecular weight is 404 g/mol. The molecule has 1 N–H and O–H groups in total. The van der Waals surface area contributed by atoms with Gasteiger partial charge in [0.2, 0.25) is 5.91 Å². The van der Waals surface area contributed by atoms with Gasteiger partial charge in [0.25, 0.3) is 0 Å². The van der Waals surface area contributed by atoms with Crippen molar-refractivity contribution in [1.29, 1.82) is 0 Å². The highest BCUT2D eigenvalue weighted by atomic mass is 16.5. The first kappa shape index (κ1) is 19.2. The molecule has 1 aliphatic heterocycles. The number of ether oxygens (including phenoxy) is 1. The summed E-state index contributed by atoms with van der Waals surface area (Å²) in [7, 11) is 1.67. The summed E-state index contributed by atoms with van der Waals surface area (Å²) in [5.74, 6) is 2.48. The molecular weight excluding hydrogens is 374 g/mol. The number of aromatic amines is 1. The van der Waals surface area contributed by atoms with E-state index in [0.717, 1.165) is 46.0 Å². The first-order valence-electron chi connectivity index (χ1n) is 11.0. The van der Waals surface area contributed by atoms with Crippen LogP contribution >= 0.6 is 0 Å². The largest absolute Gasteiger partial charge is 0.497 e. The van der Waals surface area contributed by atoms with Gasteiger partial charge in [-0.15, -0.1) is 0 Å². The second kappa shape index (κ2) is 7.15. The summed E-state index contributed by atoms with van der Waals surface area (Å²) < 4.78 is 5.26. The Morgan fingerprint density at radius 2 is 1.87 bits per heavy atom. The van der Waals surface area contributed by atoms with Crippen molar-refractivity contribution in [2.75, 3.05) is 18.6 Å². The molecule has 0 radical (unpaired) electrons. The van der Waals surface area contributed by atoms with Crippen molar-refractivity contribution in [3.05, 3.63) is 42.0 Å². The molecule has 1 aromatic heterocycles. The number of nitrogens with one attached hydrogen (secondary N) is 1. The number of amides is 1. The van der Waals surface area contributed by atoms with Gasteiger partial charge in [-0.3, -0.25) is 4.79 Å². The minimum Gasteiger partial charge on any atom is -0.497 e. The zero-order valence-electron chi connectivity index (χ0n) is 18.0. The molecule has 0 saturated heterocycles. The number of nitrogens with zero attached hydrogens (tertiary/aromatic N) is 2. The van der Waals surface area contributed by atoms with Gasteiger partial charge >= 0.3 is 0 Å². The van der Waals surface area contributed by atoms with Crippen LogP contribution in [0.15, 0.2) is 36.4 Å². The van der Waals surface area contributed by atoms with Crippen LogP contribution in [0.3, 0.4) is 0 Å². The van der Waals surface area contributed by atoms with Gasteiger partial charge in [0, 0.05) is 12.1 Å². The second-order valence-electron chi connectivity index (χ2n) is 9.25. The number of hydrogen-bond donors (Lipinski definition) is 1. The highest BCUT2D eigenvalue weighted by Gasteiger charge is 2.44. The van der Waals surface area contributed by atoms with E-state index in [4.69, 9.17) is 9.72 Å². The van der Waals surface area contributed by atoms with Crippen LogP contribution in [0.4, 0.5) is 5.69 Å². The quantitative estimate of drug-likeness (QED) is 0.631. The van der Waals surface area contributed by atoms with E-state index in [9.17, 15) is 4.79 Å². The first-order chi connectivity index (χ1) is 14.5. The number of methoxy groups -OCH3 is 1. The number of H-pyrrole nitrogens is 1. The fourth-order valence-corrected chi connectivity index (χ4v) is 5.03. The third-order valence-corrected chi connectivity index (χ3v) is 6.87. The lowest BCUT2D eigenvalue weighted by Gasteiger charge is -2.28. The molecule has 1 aliphatic carbocycles. The molecule has 5 heteroatoms. The lowest BCUT2D eigenvalue weighted by Crippen LogP contribution is -2.39. The van der Waals surface area contributed by atoms with Gasteiger partial charge in [-0.25, -0.2) is 4.98 Å². The Morgan fingerprint density at radius 1 is 1.13 bits per heavy atom. The number of rotatable bonds is 4. The fraction of sp³-hybridized carbons (Fsp3) is 0.440. The van der Waals surface area contributed by atoms with Crippen LogP contribution in [0.5, 0.6) is 5.75 Å². The van der Waals surface area contributed by atoms with Crippen molar-refractivity contribution >= 4 is 22.6 Å². The molecule has 1 amide bonds. The summed E-state index contributed by atoms with van der Waals surface area (Å²) >= 11 is 0. The molecule has 0 atom stereocenters. The van der Waals surface area contributed by atoms with E-state index in [0.29, 0.717) is 5.92 Å². The van der Waals surface area contributed by atoms with Gasteiger partial charge in [-0.2, -0.15) is 0 Å². The molecule has 2 aliphatic rings. The van der Waals surface area contributed by atoms with Crippen molar-refractivity contribution in [3.8, 4) is 17.1 Å². The highest BCUT2D eigenvalue weighted by molar-refractivity contribution is 6.09. The van der Waals surface area contributed by atoms with Crippen LogP contribution in [0.1, 0.15) is 51.5 Å². The van der Waals surface area contributed by atoms with Crippen LogP contribution in [-0.2, 0) is 10.2 Å². The number of hydrogen-bond acceptors (Lipinski definition) is 3. The number of carbonyl (C=O) groups is 1. The maximum atomic E-state index is 13.3. The van der Waals surface area contributed by atoms with Crippen molar-refractivity contribution in [1.82, 2.24) is 9.97 Å². The van der Waals surface area contributed by atoms with Gasteiger partial charge in [-0.05, 0) is 74.6 Å². The molecule has 5 rings (SSSR count). The molecule has 0 unspecified atom stereocenters. The Labute approximate surface area is 177 Å². The molecule has 0 bridgehead atoms. The van der Waals surface area contributed by atoms with Gasteiger partial charge in [0.15, 0.2) is 0 Å². The monoisotopic (exact) mass is 403 g/mol. The zero-order valence-corrected chi connectivity index (χ0v) is 18.0. The van der Waals surface area contributed by atoms with Crippen LogP contribution in [-0.4, -0.2) is 29.5 Å². The maximum Gasteiger partial charge on any atom is 0.237 e. The molecule has 3 aromatic rings. The van der Waals surface area contributed by atoms with E-state index >= 15 is 0 Å². The Kier molecular flexibility index (Phi) is 4.57. The van der Waals surface area contributed by atoms with Crippen molar-refractivity contribution in [3.63, 3.8) is 0 Å². The van der Waals surface area contributed by atoms with E-state index in [2.05, 4.69) is 17.1 Å². The standard InChI is InChI=1S/C25H29N3O2/c1-25(2)19-13-20-21(27-23(26-20)17-9-11-18(30-3)12-10-17)14-22(19)28(24(25)29)15-16-7-5-4-6-8-16/h9-14,16H,4-8,15H2,1-3H3,(H,26,27). The summed E-state index contributed by atoms with van der Waals surface area (Å²) in [6.07, 6.45) is 6.35. The third kappa shape index (κ3) is 3.08. The number of carbonyl (C=O) groups excluding carboxylic acids is 1. The minimum absolute atomic E-state index is 0.214. The summed E-state index contributed by atoms with van der Waals surface area (Å²) in [4.78, 5) is 23.6. The molecule has 1 fully saturated rings. The molecule has 30 heavy (non-hydrogen) atoms. The molecule has 156 valence electrons. The van der Waals surface area contributed by atoms with Crippen LogP contribution in [0.25, 0.3) is 22.4 Å². The van der Waals surface area contributed by atoms with E-state index in [-0.39, 0.29) is 5.91 Å². The van der Waals surface area contributed by atoms with Gasteiger partial charge < -0.3 is 14.6 Å². The predicted molar refractivity (Wildman–Crippen MR) is 120 cm³/mol. The smallest absolute Gasteiger partial charge is 0.237 e. The SMILES string of the molecule is COc1ccc(-c2nc3cc4c(cc3[nH]2)C(C)(C)C(=O)N4CC2CCCCC2)cc1. The molecule has 0 spiro atoms. The number of imidazole rings is 1. The Bertz CT molecular complexity index is 1090. The van der Waals surface area contributed by atoms with Gasteiger partial charge in [-0.1, -0.05) is 19.3 Å². The summed E-state index contributed by atoms with van der Waals surface area (Å²) in [5, 5.41) is 0. The van der Waals surface area contributed by atoms with Crippen molar-refractivity contribution in [2.45, 2.75) is 51.4 Å². The molecule has 5 nitrogen and oxygen atoms in total. The molecule has 1 saturated carbocycles. The van der Waals surface area contributed by atoms with Crippen LogP contribution in [0.2, 0.25) is 0 Å².